The van der Waals surface area contributed by atoms with Crippen LogP contribution < -0.4 is 0 Å². The highest BCUT2D eigenvalue weighted by Crippen LogP contribution is 2.27. The molecule has 0 radical (unpaired) electrons. The number of hydrogen-bond acceptors (Lipinski definition) is 5. The number of aromatic nitrogens is 4. The summed E-state index contributed by atoms with van der Waals surface area (Å²) in [6.45, 7) is 5.00. The van der Waals surface area contributed by atoms with Crippen molar-refractivity contribution >= 4 is 0 Å². The fraction of sp³-hybridized carbons (Fsp3) is 0.615. The molecule has 0 bridgehead atoms. The van der Waals surface area contributed by atoms with E-state index in [-0.39, 0.29) is 0 Å². The molecule has 1 fully saturated rings. The van der Waals surface area contributed by atoms with Gasteiger partial charge >= 0.3 is 0 Å². The van der Waals surface area contributed by atoms with Gasteiger partial charge in [0.1, 0.15) is 5.82 Å². The lowest BCUT2D eigenvalue weighted by molar-refractivity contribution is 0.311. The van der Waals surface area contributed by atoms with Gasteiger partial charge in [0.05, 0.1) is 12.5 Å². The third kappa shape index (κ3) is 2.84. The highest BCUT2D eigenvalue weighted by atomic mass is 16.4. The van der Waals surface area contributed by atoms with Crippen LogP contribution in [0, 0.1) is 0 Å². The van der Waals surface area contributed by atoms with Gasteiger partial charge < -0.3 is 9.40 Å². The first-order valence-corrected chi connectivity index (χ1v) is 6.88. The van der Waals surface area contributed by atoms with Crippen molar-refractivity contribution in [1.82, 2.24) is 25.1 Å². The molecule has 6 nitrogen and oxygen atoms in total. The number of hydrogen-bond donors (Lipinski definition) is 1. The fourth-order valence-corrected chi connectivity index (χ4v) is 2.52. The monoisotopic (exact) mass is 261 g/mol. The fourth-order valence-electron chi connectivity index (χ4n) is 2.52. The van der Waals surface area contributed by atoms with E-state index in [0.29, 0.717) is 5.92 Å². The van der Waals surface area contributed by atoms with Crippen LogP contribution in [0.2, 0.25) is 0 Å². The van der Waals surface area contributed by atoms with Gasteiger partial charge in [0.2, 0.25) is 11.8 Å². The van der Waals surface area contributed by atoms with Crippen molar-refractivity contribution in [3.63, 3.8) is 0 Å². The minimum atomic E-state index is 0.369. The van der Waals surface area contributed by atoms with Crippen LogP contribution in [-0.4, -0.2) is 38.2 Å². The van der Waals surface area contributed by atoms with Crippen LogP contribution in [0.5, 0.6) is 0 Å². The maximum atomic E-state index is 5.72. The third-order valence-corrected chi connectivity index (χ3v) is 3.50. The van der Waals surface area contributed by atoms with Crippen LogP contribution in [0.25, 0.3) is 0 Å². The molecule has 3 heterocycles. The first-order valence-electron chi connectivity index (χ1n) is 6.88. The van der Waals surface area contributed by atoms with Crippen LogP contribution in [0.3, 0.4) is 0 Å². The standard InChI is InChI=1S/C13H19N5O/c1-2-3-12-16-17-13(19-12)10-4-7-18(8-10)9-11-14-5-6-15-11/h5-6,10H,2-4,7-9H2,1H3,(H,14,15)/t10-/m0/s1. The smallest absolute Gasteiger partial charge is 0.220 e. The van der Waals surface area contributed by atoms with Crippen molar-refractivity contribution in [1.29, 1.82) is 0 Å². The second kappa shape index (κ2) is 5.52. The predicted molar refractivity (Wildman–Crippen MR) is 69.5 cm³/mol. The van der Waals surface area contributed by atoms with E-state index in [0.717, 1.165) is 56.5 Å². The maximum absolute atomic E-state index is 5.72. The Labute approximate surface area is 112 Å². The molecule has 3 rings (SSSR count). The molecule has 102 valence electrons. The summed E-state index contributed by atoms with van der Waals surface area (Å²) in [5.74, 6) is 2.94. The zero-order chi connectivity index (χ0) is 13.1. The average Bonchev–Trinajstić information content (AvgIpc) is 3.10. The number of aryl methyl sites for hydroxylation is 1. The van der Waals surface area contributed by atoms with Gasteiger partial charge in [-0.1, -0.05) is 6.92 Å². The lowest BCUT2D eigenvalue weighted by Crippen LogP contribution is -2.20. The molecule has 1 atom stereocenters. The highest BCUT2D eigenvalue weighted by Gasteiger charge is 2.28. The Kier molecular flexibility index (Phi) is 3.59. The molecule has 0 amide bonds. The van der Waals surface area contributed by atoms with E-state index in [9.17, 15) is 0 Å². The third-order valence-electron chi connectivity index (χ3n) is 3.50. The maximum Gasteiger partial charge on any atom is 0.220 e. The van der Waals surface area contributed by atoms with E-state index >= 15 is 0 Å². The molecule has 1 N–H and O–H groups in total. The second-order valence-electron chi connectivity index (χ2n) is 5.04. The number of nitrogens with zero attached hydrogens (tertiary/aromatic N) is 4. The summed E-state index contributed by atoms with van der Waals surface area (Å²) in [6.07, 6.45) is 6.64. The zero-order valence-corrected chi connectivity index (χ0v) is 11.2. The number of nitrogens with one attached hydrogen (secondary N) is 1. The molecule has 0 aromatic carbocycles. The van der Waals surface area contributed by atoms with Crippen LogP contribution >= 0.6 is 0 Å². The molecule has 2 aromatic rings. The van der Waals surface area contributed by atoms with Crippen LogP contribution in [-0.2, 0) is 13.0 Å². The van der Waals surface area contributed by atoms with E-state index in [4.69, 9.17) is 4.42 Å². The lowest BCUT2D eigenvalue weighted by atomic mass is 10.1. The average molecular weight is 261 g/mol. The van der Waals surface area contributed by atoms with Crippen LogP contribution in [0.1, 0.15) is 43.3 Å². The molecule has 6 heteroatoms. The van der Waals surface area contributed by atoms with E-state index in [1.807, 2.05) is 6.20 Å². The van der Waals surface area contributed by atoms with Crippen molar-refractivity contribution in [3.05, 3.63) is 30.0 Å². The van der Waals surface area contributed by atoms with Gasteiger partial charge in [0, 0.05) is 25.4 Å². The predicted octanol–water partition coefficient (Wildman–Crippen LogP) is 1.73. The lowest BCUT2D eigenvalue weighted by Gasteiger charge is -2.12. The van der Waals surface area contributed by atoms with Gasteiger partial charge in [0.15, 0.2) is 0 Å². The summed E-state index contributed by atoms with van der Waals surface area (Å²) in [4.78, 5) is 9.76. The Bertz CT molecular complexity index is 507. The largest absolute Gasteiger partial charge is 0.425 e. The van der Waals surface area contributed by atoms with E-state index in [1.165, 1.54) is 0 Å². The minimum Gasteiger partial charge on any atom is -0.425 e. The Morgan fingerprint density at radius 1 is 1.47 bits per heavy atom. The minimum absolute atomic E-state index is 0.369. The number of H-pyrrole nitrogens is 1. The van der Waals surface area contributed by atoms with E-state index in [2.05, 4.69) is 32.0 Å². The van der Waals surface area contributed by atoms with Crippen molar-refractivity contribution in [2.45, 2.75) is 38.6 Å². The SMILES string of the molecule is CCCc1nnc([C@H]2CCN(Cc3ncc[nH]3)C2)o1. The van der Waals surface area contributed by atoms with Crippen LogP contribution in [0.4, 0.5) is 0 Å². The summed E-state index contributed by atoms with van der Waals surface area (Å²) in [7, 11) is 0. The highest BCUT2D eigenvalue weighted by molar-refractivity contribution is 4.98. The second-order valence-corrected chi connectivity index (χ2v) is 5.04. The normalized spacial score (nSPS) is 20.2. The van der Waals surface area contributed by atoms with E-state index < -0.39 is 0 Å². The van der Waals surface area contributed by atoms with Crippen LogP contribution in [0.15, 0.2) is 16.8 Å². The van der Waals surface area contributed by atoms with Gasteiger partial charge in [-0.05, 0) is 19.4 Å². The molecule has 0 saturated carbocycles. The summed E-state index contributed by atoms with van der Waals surface area (Å²) in [5, 5.41) is 8.28. The van der Waals surface area contributed by atoms with Gasteiger partial charge in [-0.2, -0.15) is 0 Å². The molecule has 0 spiro atoms. The molecule has 2 aromatic heterocycles. The number of likely N-dealkylation sites (tertiary alicyclic amines) is 1. The molecular formula is C13H19N5O. The summed E-state index contributed by atoms with van der Waals surface area (Å²) >= 11 is 0. The quantitative estimate of drug-likeness (QED) is 0.887. The van der Waals surface area contributed by atoms with Gasteiger partial charge in [-0.25, -0.2) is 4.98 Å². The molecule has 1 aliphatic rings. The van der Waals surface area contributed by atoms with Crippen molar-refractivity contribution < 1.29 is 4.42 Å². The van der Waals surface area contributed by atoms with Gasteiger partial charge in [-0.15, -0.1) is 10.2 Å². The molecular weight excluding hydrogens is 242 g/mol. The summed E-state index contributed by atoms with van der Waals surface area (Å²) in [6, 6.07) is 0. The topological polar surface area (TPSA) is 70.8 Å². The Morgan fingerprint density at radius 2 is 2.42 bits per heavy atom. The Hall–Kier alpha value is -1.69. The molecule has 1 saturated heterocycles. The van der Waals surface area contributed by atoms with Gasteiger partial charge in [-0.3, -0.25) is 4.90 Å². The number of imidazole rings is 1. The number of aromatic amines is 1. The summed E-state index contributed by atoms with van der Waals surface area (Å²) < 4.78 is 5.72. The molecule has 0 aliphatic carbocycles. The Balaban J connectivity index is 1.58. The number of rotatable bonds is 5. The van der Waals surface area contributed by atoms with Crippen molar-refractivity contribution in [2.24, 2.45) is 0 Å². The van der Waals surface area contributed by atoms with E-state index in [1.54, 1.807) is 6.20 Å². The van der Waals surface area contributed by atoms with Crippen molar-refractivity contribution in [3.8, 4) is 0 Å². The summed E-state index contributed by atoms with van der Waals surface area (Å²) in [5.41, 5.74) is 0. The van der Waals surface area contributed by atoms with Gasteiger partial charge in [0.25, 0.3) is 0 Å². The zero-order valence-electron chi connectivity index (χ0n) is 11.2. The molecule has 0 unspecified atom stereocenters. The Morgan fingerprint density at radius 3 is 3.21 bits per heavy atom. The van der Waals surface area contributed by atoms with Crippen molar-refractivity contribution in [2.75, 3.05) is 13.1 Å². The molecule has 19 heavy (non-hydrogen) atoms. The molecule has 1 aliphatic heterocycles. The first kappa shape index (κ1) is 12.3. The first-order chi connectivity index (χ1) is 9.35.